The number of allylic oxidation sites excluding steroid dienone is 1. The van der Waals surface area contributed by atoms with Gasteiger partial charge in [0.1, 0.15) is 0 Å². The summed E-state index contributed by atoms with van der Waals surface area (Å²) < 4.78 is 0. The molecule has 2 heteroatoms. The van der Waals surface area contributed by atoms with Gasteiger partial charge in [0.2, 0.25) is 0 Å². The molecule has 1 aliphatic heterocycles. The molecule has 1 rings (SSSR count). The topological polar surface area (TPSA) is 12.0 Å². The van der Waals surface area contributed by atoms with E-state index >= 15 is 0 Å². The second kappa shape index (κ2) is 6.68. The summed E-state index contributed by atoms with van der Waals surface area (Å²) in [6.45, 7) is 3.39. The molecule has 0 aromatic carbocycles. The van der Waals surface area contributed by atoms with Crippen molar-refractivity contribution in [3.05, 3.63) is 12.2 Å². The van der Waals surface area contributed by atoms with Crippen molar-refractivity contribution in [2.45, 2.75) is 38.6 Å². The van der Waals surface area contributed by atoms with Crippen LogP contribution in [0.5, 0.6) is 0 Å². The van der Waals surface area contributed by atoms with Crippen LogP contribution in [-0.4, -0.2) is 12.6 Å². The van der Waals surface area contributed by atoms with Crippen LogP contribution in [0.25, 0.3) is 0 Å². The van der Waals surface area contributed by atoms with E-state index < -0.39 is 0 Å². The van der Waals surface area contributed by atoms with Gasteiger partial charge in [-0.25, -0.2) is 0 Å². The Bertz CT molecular complexity index is 106. The molecule has 0 radical (unpaired) electrons. The van der Waals surface area contributed by atoms with Gasteiger partial charge in [-0.15, -0.1) is 12.4 Å². The fourth-order valence-corrected chi connectivity index (χ4v) is 1.34. The summed E-state index contributed by atoms with van der Waals surface area (Å²) in [6.07, 6.45) is 9.80. The van der Waals surface area contributed by atoms with E-state index in [4.69, 9.17) is 0 Å². The van der Waals surface area contributed by atoms with Gasteiger partial charge in [-0.05, 0) is 25.8 Å². The summed E-state index contributed by atoms with van der Waals surface area (Å²) in [5.74, 6) is 0. The minimum Gasteiger partial charge on any atom is -0.311 e. The zero-order chi connectivity index (χ0) is 7.23. The molecule has 1 atom stereocenters. The van der Waals surface area contributed by atoms with Crippen molar-refractivity contribution in [1.82, 2.24) is 5.32 Å². The van der Waals surface area contributed by atoms with Crippen LogP contribution < -0.4 is 5.32 Å². The first-order valence-electron chi connectivity index (χ1n) is 4.33. The lowest BCUT2D eigenvalue weighted by Gasteiger charge is -2.19. The number of halogens is 1. The molecule has 0 aliphatic carbocycles. The smallest absolute Gasteiger partial charge is 0.0250 e. The molecule has 1 N–H and O–H groups in total. The van der Waals surface area contributed by atoms with Crippen molar-refractivity contribution in [2.24, 2.45) is 0 Å². The zero-order valence-corrected chi connectivity index (χ0v) is 7.99. The van der Waals surface area contributed by atoms with Gasteiger partial charge in [0, 0.05) is 6.04 Å². The second-order valence-corrected chi connectivity index (χ2v) is 2.89. The first-order chi connectivity index (χ1) is 4.93. The number of piperidine rings is 1. The molecular weight excluding hydrogens is 158 g/mol. The van der Waals surface area contributed by atoms with E-state index in [0.717, 1.165) is 6.42 Å². The first-order valence-corrected chi connectivity index (χ1v) is 4.33. The van der Waals surface area contributed by atoms with E-state index in [-0.39, 0.29) is 12.4 Å². The molecular formula is C9H18ClN. The Balaban J connectivity index is 0.000001000. The maximum Gasteiger partial charge on any atom is 0.0250 e. The third-order valence-corrected chi connectivity index (χ3v) is 1.95. The molecule has 1 saturated heterocycles. The molecule has 1 unspecified atom stereocenters. The molecule has 0 bridgehead atoms. The van der Waals surface area contributed by atoms with Gasteiger partial charge in [-0.2, -0.15) is 0 Å². The molecule has 1 heterocycles. The molecule has 1 fully saturated rings. The van der Waals surface area contributed by atoms with Crippen LogP contribution in [0.15, 0.2) is 12.2 Å². The highest BCUT2D eigenvalue weighted by molar-refractivity contribution is 5.85. The minimum atomic E-state index is 0. The van der Waals surface area contributed by atoms with Crippen LogP contribution in [0, 0.1) is 0 Å². The van der Waals surface area contributed by atoms with E-state index in [2.05, 4.69) is 24.4 Å². The number of hydrogen-bond acceptors (Lipinski definition) is 1. The van der Waals surface area contributed by atoms with E-state index in [9.17, 15) is 0 Å². The van der Waals surface area contributed by atoms with Crippen molar-refractivity contribution in [3.8, 4) is 0 Å². The van der Waals surface area contributed by atoms with Crippen molar-refractivity contribution in [3.63, 3.8) is 0 Å². The average molecular weight is 176 g/mol. The molecule has 0 saturated carbocycles. The van der Waals surface area contributed by atoms with Crippen molar-refractivity contribution in [1.29, 1.82) is 0 Å². The van der Waals surface area contributed by atoms with Crippen LogP contribution in [0.4, 0.5) is 0 Å². The van der Waals surface area contributed by atoms with E-state index in [0.29, 0.717) is 6.04 Å². The lowest BCUT2D eigenvalue weighted by Crippen LogP contribution is -2.32. The predicted molar refractivity (Wildman–Crippen MR) is 52.3 cm³/mol. The Labute approximate surface area is 75.7 Å². The van der Waals surface area contributed by atoms with E-state index in [1.165, 1.54) is 25.8 Å². The van der Waals surface area contributed by atoms with Gasteiger partial charge in [0.05, 0.1) is 0 Å². The quantitative estimate of drug-likeness (QED) is 0.637. The predicted octanol–water partition coefficient (Wildman–Crippen LogP) is 2.52. The Hall–Kier alpha value is -0.0100. The largest absolute Gasteiger partial charge is 0.311 e. The highest BCUT2D eigenvalue weighted by atomic mass is 35.5. The summed E-state index contributed by atoms with van der Waals surface area (Å²) in [7, 11) is 0. The SMILES string of the molecule is CC/C=C\C1CCCCN1.Cl. The number of nitrogens with one attached hydrogen (secondary N) is 1. The summed E-state index contributed by atoms with van der Waals surface area (Å²) in [5.41, 5.74) is 0. The summed E-state index contributed by atoms with van der Waals surface area (Å²) in [4.78, 5) is 0. The van der Waals surface area contributed by atoms with E-state index in [1.54, 1.807) is 0 Å². The average Bonchev–Trinajstić information content (AvgIpc) is 2.03. The highest BCUT2D eigenvalue weighted by Gasteiger charge is 2.07. The van der Waals surface area contributed by atoms with Gasteiger partial charge in [0.15, 0.2) is 0 Å². The summed E-state index contributed by atoms with van der Waals surface area (Å²) in [6, 6.07) is 0.675. The molecule has 1 nitrogen and oxygen atoms in total. The van der Waals surface area contributed by atoms with Gasteiger partial charge < -0.3 is 5.32 Å². The van der Waals surface area contributed by atoms with Crippen molar-refractivity contribution in [2.75, 3.05) is 6.54 Å². The lowest BCUT2D eigenvalue weighted by atomic mass is 10.0. The van der Waals surface area contributed by atoms with Crippen LogP contribution in [-0.2, 0) is 0 Å². The molecule has 0 amide bonds. The molecule has 1 aliphatic rings. The molecule has 0 aromatic rings. The monoisotopic (exact) mass is 175 g/mol. The summed E-state index contributed by atoms with van der Waals surface area (Å²) in [5, 5.41) is 3.47. The van der Waals surface area contributed by atoms with Crippen LogP contribution in [0.1, 0.15) is 32.6 Å². The molecule has 11 heavy (non-hydrogen) atoms. The first kappa shape index (κ1) is 11.0. The van der Waals surface area contributed by atoms with Crippen LogP contribution in [0.3, 0.4) is 0 Å². The van der Waals surface area contributed by atoms with Gasteiger partial charge in [-0.3, -0.25) is 0 Å². The van der Waals surface area contributed by atoms with Crippen molar-refractivity contribution < 1.29 is 0 Å². The highest BCUT2D eigenvalue weighted by Crippen LogP contribution is 2.07. The Morgan fingerprint density at radius 2 is 2.27 bits per heavy atom. The fourth-order valence-electron chi connectivity index (χ4n) is 1.34. The maximum absolute atomic E-state index is 3.47. The standard InChI is InChI=1S/C9H17N.ClH/c1-2-3-6-9-7-4-5-8-10-9;/h3,6,9-10H,2,4-5,7-8H2,1H3;1H/b6-3-;. The minimum absolute atomic E-state index is 0. The van der Waals surface area contributed by atoms with Gasteiger partial charge in [-0.1, -0.05) is 25.5 Å². The Morgan fingerprint density at radius 1 is 1.45 bits per heavy atom. The molecule has 0 spiro atoms. The Kier molecular flexibility index (Phi) is 6.68. The van der Waals surface area contributed by atoms with E-state index in [1.807, 2.05) is 0 Å². The van der Waals surface area contributed by atoms with Gasteiger partial charge in [0.25, 0.3) is 0 Å². The molecule has 0 aromatic heterocycles. The van der Waals surface area contributed by atoms with Gasteiger partial charge >= 0.3 is 0 Å². The summed E-state index contributed by atoms with van der Waals surface area (Å²) >= 11 is 0. The second-order valence-electron chi connectivity index (χ2n) is 2.89. The third-order valence-electron chi connectivity index (χ3n) is 1.95. The maximum atomic E-state index is 3.47. The van der Waals surface area contributed by atoms with Crippen LogP contribution >= 0.6 is 12.4 Å². The lowest BCUT2D eigenvalue weighted by molar-refractivity contribution is 0.454. The number of rotatable bonds is 2. The normalized spacial score (nSPS) is 25.0. The molecule has 66 valence electrons. The number of hydrogen-bond donors (Lipinski definition) is 1. The van der Waals surface area contributed by atoms with Crippen molar-refractivity contribution >= 4 is 12.4 Å². The Morgan fingerprint density at radius 3 is 2.82 bits per heavy atom. The fraction of sp³-hybridized carbons (Fsp3) is 0.778. The zero-order valence-electron chi connectivity index (χ0n) is 7.18. The third kappa shape index (κ3) is 4.44. The van der Waals surface area contributed by atoms with Crippen LogP contribution in [0.2, 0.25) is 0 Å².